The number of halogens is 1. The number of hydrogen-bond donors (Lipinski definition) is 3. The number of aliphatic hydroxyl groups is 1. The molecule has 158 valence electrons. The normalized spacial score (nSPS) is 13.2. The van der Waals surface area contributed by atoms with Crippen LogP contribution in [-0.2, 0) is 9.59 Å². The molecule has 1 heterocycles. The Balaban J connectivity index is 2.04. The van der Waals surface area contributed by atoms with E-state index >= 15 is 0 Å². The number of aliphatic hydroxyl groups excluding tert-OH is 1. The second-order valence-corrected chi connectivity index (χ2v) is 7.94. The lowest BCUT2D eigenvalue weighted by atomic mass is 10.0. The molecule has 0 aliphatic rings. The van der Waals surface area contributed by atoms with Crippen LogP contribution >= 0.6 is 11.3 Å². The van der Waals surface area contributed by atoms with Crippen LogP contribution in [0.2, 0.25) is 0 Å². The average molecular weight is 422 g/mol. The molecule has 2 rings (SSSR count). The van der Waals surface area contributed by atoms with Crippen LogP contribution in [0.15, 0.2) is 30.5 Å². The predicted molar refractivity (Wildman–Crippen MR) is 112 cm³/mol. The molecule has 0 aliphatic heterocycles. The molecule has 0 spiro atoms. The molecule has 3 N–H and O–H groups in total. The van der Waals surface area contributed by atoms with E-state index in [9.17, 15) is 19.1 Å². The van der Waals surface area contributed by atoms with Crippen LogP contribution in [0.1, 0.15) is 68.9 Å². The summed E-state index contributed by atoms with van der Waals surface area (Å²) in [5.74, 6) is -1.28. The molecule has 6 nitrogen and oxygen atoms in total. The maximum Gasteiger partial charge on any atom is 0.254 e. The second kappa shape index (κ2) is 11.0. The highest BCUT2D eigenvalue weighted by atomic mass is 32.1. The minimum absolute atomic E-state index is 0.132. The zero-order chi connectivity index (χ0) is 21.4. The number of hydrogen-bond acceptors (Lipinski definition) is 5. The lowest BCUT2D eigenvalue weighted by molar-refractivity contribution is -0.133. The van der Waals surface area contributed by atoms with Crippen LogP contribution in [0.4, 0.5) is 9.52 Å². The van der Waals surface area contributed by atoms with Crippen molar-refractivity contribution in [3.8, 4) is 0 Å². The van der Waals surface area contributed by atoms with E-state index in [-0.39, 0.29) is 5.56 Å². The molecule has 0 fully saturated rings. The minimum Gasteiger partial charge on any atom is -0.378 e. The maximum atomic E-state index is 13.3. The Labute approximate surface area is 174 Å². The van der Waals surface area contributed by atoms with Gasteiger partial charge in [0.1, 0.15) is 11.9 Å². The molecule has 2 atom stereocenters. The monoisotopic (exact) mass is 421 g/mol. The first-order valence-electron chi connectivity index (χ1n) is 9.89. The van der Waals surface area contributed by atoms with Gasteiger partial charge in [0.15, 0.2) is 11.2 Å². The molecule has 0 aliphatic carbocycles. The molecule has 1 unspecified atom stereocenters. The van der Waals surface area contributed by atoms with Gasteiger partial charge >= 0.3 is 0 Å². The Bertz CT molecular complexity index is 823. The van der Waals surface area contributed by atoms with Crippen LogP contribution in [0.3, 0.4) is 0 Å². The standard InChI is InChI=1S/C21H28FN3O3S/c1-4-8-16(24-20(28)18(26)14-9-7-10-15(22)11-14)19(27)25-21-23-12-17(29-21)13(5-2)6-3/h7,9-13,16,18,26H,4-6,8H2,1-3H3,(H,24,28)(H,23,25,27)/t16-,18?/m0/s1. The van der Waals surface area contributed by atoms with Gasteiger partial charge in [-0.25, -0.2) is 9.37 Å². The van der Waals surface area contributed by atoms with Crippen LogP contribution in [0.25, 0.3) is 0 Å². The zero-order valence-corrected chi connectivity index (χ0v) is 17.8. The number of benzene rings is 1. The van der Waals surface area contributed by atoms with Gasteiger partial charge in [-0.15, -0.1) is 11.3 Å². The molecule has 1 aromatic heterocycles. The molecule has 0 radical (unpaired) electrons. The van der Waals surface area contributed by atoms with E-state index in [1.165, 1.54) is 29.5 Å². The first-order valence-corrected chi connectivity index (χ1v) is 10.7. The summed E-state index contributed by atoms with van der Waals surface area (Å²) in [4.78, 5) is 30.4. The van der Waals surface area contributed by atoms with Crippen molar-refractivity contribution < 1.29 is 19.1 Å². The van der Waals surface area contributed by atoms with Crippen molar-refractivity contribution in [3.63, 3.8) is 0 Å². The number of anilines is 1. The Kier molecular flexibility index (Phi) is 8.72. The number of carbonyl (C=O) groups is 2. The summed E-state index contributed by atoms with van der Waals surface area (Å²) in [5, 5.41) is 16.0. The molecule has 0 bridgehead atoms. The Hall–Kier alpha value is -2.32. The van der Waals surface area contributed by atoms with Gasteiger partial charge in [0.2, 0.25) is 5.91 Å². The quantitative estimate of drug-likeness (QED) is 0.538. The number of carbonyl (C=O) groups excluding carboxylic acids is 2. The third-order valence-electron chi connectivity index (χ3n) is 4.76. The van der Waals surface area contributed by atoms with Gasteiger partial charge < -0.3 is 15.7 Å². The molecule has 29 heavy (non-hydrogen) atoms. The van der Waals surface area contributed by atoms with Crippen molar-refractivity contribution in [2.75, 3.05) is 5.32 Å². The molecule has 2 amide bonds. The molecule has 1 aromatic carbocycles. The summed E-state index contributed by atoms with van der Waals surface area (Å²) in [5.41, 5.74) is 0.132. The van der Waals surface area contributed by atoms with Crippen molar-refractivity contribution >= 4 is 28.3 Å². The fourth-order valence-corrected chi connectivity index (χ4v) is 4.14. The maximum absolute atomic E-state index is 13.3. The van der Waals surface area contributed by atoms with Gasteiger partial charge in [-0.3, -0.25) is 9.59 Å². The van der Waals surface area contributed by atoms with Crippen LogP contribution < -0.4 is 10.6 Å². The van der Waals surface area contributed by atoms with Crippen molar-refractivity contribution in [2.24, 2.45) is 0 Å². The number of rotatable bonds is 10. The van der Waals surface area contributed by atoms with Crippen molar-refractivity contribution in [3.05, 3.63) is 46.7 Å². The summed E-state index contributed by atoms with van der Waals surface area (Å²) >= 11 is 1.43. The Morgan fingerprint density at radius 2 is 1.93 bits per heavy atom. The summed E-state index contributed by atoms with van der Waals surface area (Å²) in [6.07, 6.45) is 3.28. The van der Waals surface area contributed by atoms with Crippen molar-refractivity contribution in [1.82, 2.24) is 10.3 Å². The van der Waals surface area contributed by atoms with Gasteiger partial charge in [-0.1, -0.05) is 39.3 Å². The fourth-order valence-electron chi connectivity index (χ4n) is 3.05. The zero-order valence-electron chi connectivity index (χ0n) is 16.9. The van der Waals surface area contributed by atoms with Crippen molar-refractivity contribution in [1.29, 1.82) is 0 Å². The van der Waals surface area contributed by atoms with E-state index in [1.807, 2.05) is 6.92 Å². The largest absolute Gasteiger partial charge is 0.378 e. The third-order valence-corrected chi connectivity index (χ3v) is 5.84. The van der Waals surface area contributed by atoms with Crippen molar-refractivity contribution in [2.45, 2.75) is 64.5 Å². The highest BCUT2D eigenvalue weighted by molar-refractivity contribution is 7.15. The molecule has 2 aromatic rings. The van der Waals surface area contributed by atoms with E-state index in [1.54, 1.807) is 6.20 Å². The van der Waals surface area contributed by atoms with Crippen LogP contribution in [0, 0.1) is 5.82 Å². The summed E-state index contributed by atoms with van der Waals surface area (Å²) in [6, 6.07) is 4.37. The predicted octanol–water partition coefficient (Wildman–Crippen LogP) is 4.14. The number of aromatic nitrogens is 1. The molecule has 0 saturated heterocycles. The smallest absolute Gasteiger partial charge is 0.254 e. The van der Waals surface area contributed by atoms with Gasteiger partial charge in [0.05, 0.1) is 0 Å². The second-order valence-electron chi connectivity index (χ2n) is 6.88. The highest BCUT2D eigenvalue weighted by Crippen LogP contribution is 2.30. The number of nitrogens with one attached hydrogen (secondary N) is 2. The van der Waals surface area contributed by atoms with Crippen LogP contribution in [-0.4, -0.2) is 27.9 Å². The fraction of sp³-hybridized carbons (Fsp3) is 0.476. The van der Waals surface area contributed by atoms with E-state index in [4.69, 9.17) is 0 Å². The van der Waals surface area contributed by atoms with Gasteiger partial charge in [0.25, 0.3) is 5.91 Å². The summed E-state index contributed by atoms with van der Waals surface area (Å²) in [6.45, 7) is 6.12. The topological polar surface area (TPSA) is 91.3 Å². The highest BCUT2D eigenvalue weighted by Gasteiger charge is 2.26. The van der Waals surface area contributed by atoms with E-state index in [0.29, 0.717) is 23.9 Å². The Morgan fingerprint density at radius 1 is 1.21 bits per heavy atom. The third kappa shape index (κ3) is 6.33. The SMILES string of the molecule is CCC[C@H](NC(=O)C(O)c1cccc(F)c1)C(=O)Nc1ncc(C(CC)CC)s1. The van der Waals surface area contributed by atoms with Gasteiger partial charge in [-0.2, -0.15) is 0 Å². The minimum atomic E-state index is -1.56. The molecule has 8 heteroatoms. The lowest BCUT2D eigenvalue weighted by Gasteiger charge is -2.19. The van der Waals surface area contributed by atoms with Gasteiger partial charge in [0, 0.05) is 11.1 Å². The van der Waals surface area contributed by atoms with E-state index in [2.05, 4.69) is 29.5 Å². The van der Waals surface area contributed by atoms with Gasteiger partial charge in [-0.05, 0) is 42.9 Å². The molecular formula is C21H28FN3O3S. The number of amides is 2. The molecular weight excluding hydrogens is 393 g/mol. The first-order chi connectivity index (χ1) is 13.9. The lowest BCUT2D eigenvalue weighted by Crippen LogP contribution is -2.45. The summed E-state index contributed by atoms with van der Waals surface area (Å²) < 4.78 is 13.3. The molecule has 0 saturated carbocycles. The number of thiazole rings is 1. The number of nitrogens with zero attached hydrogens (tertiary/aromatic N) is 1. The summed E-state index contributed by atoms with van der Waals surface area (Å²) in [7, 11) is 0. The van der Waals surface area contributed by atoms with E-state index in [0.717, 1.165) is 23.8 Å². The Morgan fingerprint density at radius 3 is 2.55 bits per heavy atom. The van der Waals surface area contributed by atoms with E-state index < -0.39 is 29.8 Å². The first kappa shape index (κ1) is 23.0. The van der Waals surface area contributed by atoms with Crippen LogP contribution in [0.5, 0.6) is 0 Å². The average Bonchev–Trinajstić information content (AvgIpc) is 3.16.